The molecule has 0 amide bonds. The second kappa shape index (κ2) is 7.50. The first-order chi connectivity index (χ1) is 10.6. The van der Waals surface area contributed by atoms with Crippen molar-refractivity contribution in [1.82, 2.24) is 4.98 Å². The largest absolute Gasteiger partial charge is 0.427 e. The second-order valence-electron chi connectivity index (χ2n) is 5.16. The molecular weight excluding hydrogens is 278 g/mol. The Bertz CT molecular complexity index is 652. The molecule has 0 saturated carbocycles. The summed E-state index contributed by atoms with van der Waals surface area (Å²) in [4.78, 5) is 27.8. The number of ether oxygens (including phenoxy) is 1. The van der Waals surface area contributed by atoms with E-state index in [4.69, 9.17) is 4.74 Å². The normalized spacial score (nSPS) is 11.7. The fraction of sp³-hybridized carbons (Fsp3) is 0.278. The molecule has 0 aliphatic rings. The van der Waals surface area contributed by atoms with E-state index in [1.807, 2.05) is 19.1 Å². The van der Waals surface area contributed by atoms with Gasteiger partial charge in [-0.15, -0.1) is 0 Å². The fourth-order valence-electron chi connectivity index (χ4n) is 2.34. The summed E-state index contributed by atoms with van der Waals surface area (Å²) in [5, 5.41) is 0. The van der Waals surface area contributed by atoms with Gasteiger partial charge in [-0.25, -0.2) is 0 Å². The minimum absolute atomic E-state index is 0.0559. The third-order valence-electron chi connectivity index (χ3n) is 3.45. The van der Waals surface area contributed by atoms with Crippen LogP contribution >= 0.6 is 0 Å². The van der Waals surface area contributed by atoms with Crippen molar-refractivity contribution < 1.29 is 14.3 Å². The number of hydrogen-bond acceptors (Lipinski definition) is 4. The highest BCUT2D eigenvalue weighted by Gasteiger charge is 2.19. The molecule has 0 aliphatic heterocycles. The van der Waals surface area contributed by atoms with Gasteiger partial charge in [0.2, 0.25) is 0 Å². The van der Waals surface area contributed by atoms with Gasteiger partial charge in [-0.2, -0.15) is 0 Å². The quantitative estimate of drug-likeness (QED) is 0.465. The molecule has 2 aromatic rings. The lowest BCUT2D eigenvalue weighted by atomic mass is 9.90. The summed E-state index contributed by atoms with van der Waals surface area (Å²) in [6, 6.07) is 10.6. The number of benzene rings is 1. The highest BCUT2D eigenvalue weighted by molar-refractivity contribution is 5.98. The predicted octanol–water partition coefficient (Wildman–Crippen LogP) is 3.46. The van der Waals surface area contributed by atoms with Crippen molar-refractivity contribution in [1.29, 1.82) is 0 Å². The van der Waals surface area contributed by atoms with Gasteiger partial charge in [0.15, 0.2) is 5.78 Å². The summed E-state index contributed by atoms with van der Waals surface area (Å²) < 4.78 is 5.04. The Balaban J connectivity index is 2.16. The molecule has 4 nitrogen and oxygen atoms in total. The molecule has 22 heavy (non-hydrogen) atoms. The fourth-order valence-corrected chi connectivity index (χ4v) is 2.34. The van der Waals surface area contributed by atoms with E-state index in [0.29, 0.717) is 17.7 Å². The highest BCUT2D eigenvalue weighted by Crippen LogP contribution is 2.21. The Labute approximate surface area is 130 Å². The lowest BCUT2D eigenvalue weighted by Gasteiger charge is -2.14. The molecule has 4 heteroatoms. The smallest absolute Gasteiger partial charge is 0.308 e. The van der Waals surface area contributed by atoms with Gasteiger partial charge < -0.3 is 4.74 Å². The van der Waals surface area contributed by atoms with Gasteiger partial charge in [0, 0.05) is 30.8 Å². The maximum Gasteiger partial charge on any atom is 0.308 e. The van der Waals surface area contributed by atoms with Gasteiger partial charge >= 0.3 is 5.97 Å². The van der Waals surface area contributed by atoms with Crippen LogP contribution in [0.3, 0.4) is 0 Å². The van der Waals surface area contributed by atoms with Crippen molar-refractivity contribution in [2.75, 3.05) is 0 Å². The lowest BCUT2D eigenvalue weighted by molar-refractivity contribution is -0.131. The van der Waals surface area contributed by atoms with E-state index in [0.717, 1.165) is 12.0 Å². The Morgan fingerprint density at radius 2 is 2.05 bits per heavy atom. The highest BCUT2D eigenvalue weighted by atomic mass is 16.5. The van der Waals surface area contributed by atoms with Crippen LogP contribution in [0.4, 0.5) is 0 Å². The summed E-state index contributed by atoms with van der Waals surface area (Å²) in [7, 11) is 0. The van der Waals surface area contributed by atoms with Crippen molar-refractivity contribution in [2.45, 2.75) is 26.7 Å². The van der Waals surface area contributed by atoms with Crippen molar-refractivity contribution in [3.63, 3.8) is 0 Å². The van der Waals surface area contributed by atoms with Crippen LogP contribution in [0.1, 0.15) is 36.2 Å². The van der Waals surface area contributed by atoms with Gasteiger partial charge in [0.05, 0.1) is 0 Å². The minimum Gasteiger partial charge on any atom is -0.427 e. The molecule has 2 rings (SSSR count). The van der Waals surface area contributed by atoms with Crippen molar-refractivity contribution in [3.05, 3.63) is 59.9 Å². The number of nitrogens with zero attached hydrogens (tertiary/aromatic N) is 1. The SMILES string of the molecule is CCC(Cc1cccnc1)C(=O)c1cccc(OC(C)=O)c1. The second-order valence-corrected chi connectivity index (χ2v) is 5.16. The molecule has 0 spiro atoms. The van der Waals surface area contributed by atoms with E-state index in [1.54, 1.807) is 36.7 Å². The lowest BCUT2D eigenvalue weighted by Crippen LogP contribution is -2.17. The summed E-state index contributed by atoms with van der Waals surface area (Å²) >= 11 is 0. The zero-order valence-corrected chi connectivity index (χ0v) is 12.8. The summed E-state index contributed by atoms with van der Waals surface area (Å²) in [6.07, 6.45) is 4.90. The summed E-state index contributed by atoms with van der Waals surface area (Å²) in [6.45, 7) is 3.33. The number of esters is 1. The van der Waals surface area contributed by atoms with E-state index >= 15 is 0 Å². The molecule has 114 valence electrons. The van der Waals surface area contributed by atoms with E-state index in [-0.39, 0.29) is 11.7 Å². The van der Waals surface area contributed by atoms with Crippen LogP contribution in [0.15, 0.2) is 48.8 Å². The predicted molar refractivity (Wildman–Crippen MR) is 83.8 cm³/mol. The Morgan fingerprint density at radius 1 is 1.23 bits per heavy atom. The van der Waals surface area contributed by atoms with E-state index < -0.39 is 5.97 Å². The average Bonchev–Trinajstić information content (AvgIpc) is 2.52. The topological polar surface area (TPSA) is 56.3 Å². The number of carbonyl (C=O) groups excluding carboxylic acids is 2. The van der Waals surface area contributed by atoms with Crippen LogP contribution in [0.2, 0.25) is 0 Å². The van der Waals surface area contributed by atoms with E-state index in [9.17, 15) is 9.59 Å². The van der Waals surface area contributed by atoms with Crippen molar-refractivity contribution >= 4 is 11.8 Å². The molecule has 1 unspecified atom stereocenters. The van der Waals surface area contributed by atoms with E-state index in [1.165, 1.54) is 6.92 Å². The molecule has 1 atom stereocenters. The zero-order chi connectivity index (χ0) is 15.9. The molecule has 0 aliphatic carbocycles. The maximum atomic E-state index is 12.7. The Hall–Kier alpha value is -2.49. The number of pyridine rings is 1. The Kier molecular flexibility index (Phi) is 5.42. The first-order valence-electron chi connectivity index (χ1n) is 7.31. The van der Waals surface area contributed by atoms with Crippen LogP contribution in [0.25, 0.3) is 0 Å². The van der Waals surface area contributed by atoms with Crippen molar-refractivity contribution in [3.8, 4) is 5.75 Å². The van der Waals surface area contributed by atoms with E-state index in [2.05, 4.69) is 4.98 Å². The van der Waals surface area contributed by atoms with Crippen LogP contribution in [-0.4, -0.2) is 16.7 Å². The molecule has 0 radical (unpaired) electrons. The average molecular weight is 297 g/mol. The molecule has 1 aromatic carbocycles. The number of carbonyl (C=O) groups is 2. The van der Waals surface area contributed by atoms with Crippen LogP contribution in [-0.2, 0) is 11.2 Å². The van der Waals surface area contributed by atoms with Gasteiger partial charge in [-0.3, -0.25) is 14.6 Å². The number of ketones is 1. The maximum absolute atomic E-state index is 12.7. The van der Waals surface area contributed by atoms with Crippen LogP contribution in [0, 0.1) is 5.92 Å². The first kappa shape index (κ1) is 15.9. The molecule has 0 saturated heterocycles. The summed E-state index contributed by atoms with van der Waals surface area (Å²) in [5.74, 6) is -0.0567. The number of aromatic nitrogens is 1. The van der Waals surface area contributed by atoms with Gasteiger partial charge in [0.1, 0.15) is 5.75 Å². The third kappa shape index (κ3) is 4.25. The number of hydrogen-bond donors (Lipinski definition) is 0. The Morgan fingerprint density at radius 3 is 2.68 bits per heavy atom. The van der Waals surface area contributed by atoms with Crippen LogP contribution < -0.4 is 4.74 Å². The molecule has 1 aromatic heterocycles. The summed E-state index contributed by atoms with van der Waals surface area (Å²) in [5.41, 5.74) is 1.60. The molecule has 0 N–H and O–H groups in total. The third-order valence-corrected chi connectivity index (χ3v) is 3.45. The molecule has 0 fully saturated rings. The first-order valence-corrected chi connectivity index (χ1v) is 7.31. The monoisotopic (exact) mass is 297 g/mol. The van der Waals surface area contributed by atoms with Crippen LogP contribution in [0.5, 0.6) is 5.75 Å². The van der Waals surface area contributed by atoms with Gasteiger partial charge in [-0.05, 0) is 36.6 Å². The molecule has 0 bridgehead atoms. The van der Waals surface area contributed by atoms with Gasteiger partial charge in [-0.1, -0.05) is 25.1 Å². The molecular formula is C18H19NO3. The minimum atomic E-state index is -0.396. The zero-order valence-electron chi connectivity index (χ0n) is 12.8. The number of rotatable bonds is 6. The number of Topliss-reactive ketones (excluding diaryl/α,β-unsaturated/α-hetero) is 1. The van der Waals surface area contributed by atoms with Gasteiger partial charge in [0.25, 0.3) is 0 Å². The standard InChI is InChI=1S/C18H19NO3/c1-3-15(10-14-6-5-9-19-12-14)18(21)16-7-4-8-17(11-16)22-13(2)20/h4-9,11-12,15H,3,10H2,1-2H3. The van der Waals surface area contributed by atoms with Crippen molar-refractivity contribution in [2.24, 2.45) is 5.92 Å². The molecule has 1 heterocycles.